The molecule has 0 atom stereocenters. The predicted molar refractivity (Wildman–Crippen MR) is 143 cm³/mol. The lowest BCUT2D eigenvalue weighted by molar-refractivity contribution is -0.139. The zero-order valence-corrected chi connectivity index (χ0v) is 22.4. The molecule has 0 rings (SSSR count). The van der Waals surface area contributed by atoms with Crippen LogP contribution in [0.15, 0.2) is 24.3 Å². The van der Waals surface area contributed by atoms with Crippen molar-refractivity contribution in [3.05, 3.63) is 24.3 Å². The summed E-state index contributed by atoms with van der Waals surface area (Å²) in [7, 11) is 0. The molecule has 0 heterocycles. The number of carbonyl (C=O) groups excluding carboxylic acids is 2. The quantitative estimate of drug-likeness (QED) is 0.0788. The maximum atomic E-state index is 11.2. The predicted octanol–water partition coefficient (Wildman–Crippen LogP) is 8.20. The second kappa shape index (κ2) is 23.9. The lowest BCUT2D eigenvalue weighted by Crippen LogP contribution is -2.05. The van der Waals surface area contributed by atoms with Gasteiger partial charge in [-0.15, -0.1) is 0 Å². The van der Waals surface area contributed by atoms with Crippen LogP contribution in [0.1, 0.15) is 117 Å². The minimum atomic E-state index is -0.267. The van der Waals surface area contributed by atoms with E-state index < -0.39 is 0 Å². The Bertz CT molecular complexity index is 484. The summed E-state index contributed by atoms with van der Waals surface area (Å²) < 4.78 is 10.2. The first-order chi connectivity index (χ1) is 15.9. The van der Waals surface area contributed by atoms with Crippen molar-refractivity contribution < 1.29 is 19.1 Å². The first-order valence-electron chi connectivity index (χ1n) is 13.2. The molecule has 0 bridgehead atoms. The molecule has 0 amide bonds. The molecule has 4 nitrogen and oxygen atoms in total. The van der Waals surface area contributed by atoms with E-state index in [2.05, 4.69) is 24.9 Å². The average molecular weight is 483 g/mol. The topological polar surface area (TPSA) is 52.6 Å². The molecule has 0 fully saturated rings. The normalized spacial score (nSPS) is 10.7. The molecule has 33 heavy (non-hydrogen) atoms. The zero-order valence-electron chi connectivity index (χ0n) is 21.6. The van der Waals surface area contributed by atoms with Gasteiger partial charge >= 0.3 is 11.9 Å². The lowest BCUT2D eigenvalue weighted by Gasteiger charge is -2.05. The van der Waals surface area contributed by atoms with E-state index in [1.165, 1.54) is 88.6 Å². The summed E-state index contributed by atoms with van der Waals surface area (Å²) in [5.74, 6) is 2.09. The number of rotatable bonds is 24. The van der Waals surface area contributed by atoms with Crippen molar-refractivity contribution in [2.75, 3.05) is 24.7 Å². The van der Waals surface area contributed by atoms with Gasteiger partial charge in [0.15, 0.2) is 0 Å². The molecule has 0 saturated heterocycles. The Kier molecular flexibility index (Phi) is 23.0. The Labute approximate surface area is 208 Å². The van der Waals surface area contributed by atoms with Crippen molar-refractivity contribution in [1.82, 2.24) is 0 Å². The van der Waals surface area contributed by atoms with Gasteiger partial charge in [-0.3, -0.25) is 0 Å². The van der Waals surface area contributed by atoms with Gasteiger partial charge in [0.2, 0.25) is 0 Å². The van der Waals surface area contributed by atoms with Crippen molar-refractivity contribution >= 4 is 23.7 Å². The minimum absolute atomic E-state index is 0.267. The van der Waals surface area contributed by atoms with Crippen LogP contribution in [0.25, 0.3) is 0 Å². The molecule has 0 aliphatic heterocycles. The van der Waals surface area contributed by atoms with E-state index in [1.54, 1.807) is 13.8 Å². The van der Waals surface area contributed by atoms with Crippen LogP contribution in [-0.4, -0.2) is 36.7 Å². The first kappa shape index (κ1) is 31.8. The molecule has 0 aliphatic rings. The maximum Gasteiger partial charge on any atom is 0.333 e. The van der Waals surface area contributed by atoms with Crippen molar-refractivity contribution in [2.24, 2.45) is 0 Å². The molecule has 0 aromatic carbocycles. The Morgan fingerprint density at radius 1 is 0.515 bits per heavy atom. The number of hydrogen-bond acceptors (Lipinski definition) is 5. The molecule has 5 heteroatoms. The molecule has 0 unspecified atom stereocenters. The summed E-state index contributed by atoms with van der Waals surface area (Å²) in [6, 6.07) is 0. The standard InChI is InChI=1S/C28H50O4S/c1-25(2)27(29)31-21-17-13-9-5-7-11-15-19-23-33-24-20-16-12-8-6-10-14-18-22-32-28(30)26(3)4/h1,3,5-24H2,2,4H3. The third-order valence-corrected chi connectivity index (χ3v) is 6.68. The van der Waals surface area contributed by atoms with Gasteiger partial charge in [0.1, 0.15) is 0 Å². The van der Waals surface area contributed by atoms with E-state index in [0.717, 1.165) is 25.7 Å². The van der Waals surface area contributed by atoms with Crippen LogP contribution in [0.3, 0.4) is 0 Å². The van der Waals surface area contributed by atoms with Crippen LogP contribution in [0.4, 0.5) is 0 Å². The van der Waals surface area contributed by atoms with Gasteiger partial charge in [0.25, 0.3) is 0 Å². The second-order valence-corrected chi connectivity index (χ2v) is 10.3. The van der Waals surface area contributed by atoms with Crippen molar-refractivity contribution in [3.8, 4) is 0 Å². The Morgan fingerprint density at radius 2 is 0.788 bits per heavy atom. The third kappa shape index (κ3) is 23.7. The third-order valence-electron chi connectivity index (χ3n) is 5.53. The highest BCUT2D eigenvalue weighted by molar-refractivity contribution is 7.99. The SMILES string of the molecule is C=C(C)C(=O)OCCCCCCCCCCSCCCCCCCCCCOC(=O)C(=C)C. The fourth-order valence-corrected chi connectivity index (χ4v) is 4.43. The monoisotopic (exact) mass is 482 g/mol. The summed E-state index contributed by atoms with van der Waals surface area (Å²) in [6.45, 7) is 11.6. The van der Waals surface area contributed by atoms with E-state index in [9.17, 15) is 9.59 Å². The Morgan fingerprint density at radius 3 is 1.09 bits per heavy atom. The minimum Gasteiger partial charge on any atom is -0.462 e. The molecule has 0 N–H and O–H groups in total. The number of esters is 2. The maximum absolute atomic E-state index is 11.2. The summed E-state index contributed by atoms with van der Waals surface area (Å²) in [6.07, 6.45) is 20.1. The van der Waals surface area contributed by atoms with Gasteiger partial charge in [-0.05, 0) is 51.0 Å². The Balaban J connectivity index is 3.12. The number of ether oxygens (including phenoxy) is 2. The summed E-state index contributed by atoms with van der Waals surface area (Å²) in [5.41, 5.74) is 0.960. The summed E-state index contributed by atoms with van der Waals surface area (Å²) in [5, 5.41) is 0. The second-order valence-electron chi connectivity index (χ2n) is 9.10. The number of unbranched alkanes of at least 4 members (excludes halogenated alkanes) is 14. The molecular weight excluding hydrogens is 432 g/mol. The zero-order chi connectivity index (χ0) is 24.6. The van der Waals surface area contributed by atoms with Gasteiger partial charge in [-0.2, -0.15) is 11.8 Å². The van der Waals surface area contributed by atoms with Crippen molar-refractivity contribution in [1.29, 1.82) is 0 Å². The van der Waals surface area contributed by atoms with Crippen molar-refractivity contribution in [2.45, 2.75) is 117 Å². The molecule has 192 valence electrons. The van der Waals surface area contributed by atoms with Gasteiger partial charge in [0, 0.05) is 11.1 Å². The largest absolute Gasteiger partial charge is 0.462 e. The van der Waals surface area contributed by atoms with E-state index in [0.29, 0.717) is 24.4 Å². The number of carbonyl (C=O) groups is 2. The van der Waals surface area contributed by atoms with Crippen LogP contribution in [0.2, 0.25) is 0 Å². The average Bonchev–Trinajstić information content (AvgIpc) is 2.78. The molecule has 0 radical (unpaired) electrons. The Hall–Kier alpha value is -1.23. The highest BCUT2D eigenvalue weighted by Crippen LogP contribution is 2.14. The van der Waals surface area contributed by atoms with Crippen LogP contribution >= 0.6 is 11.8 Å². The summed E-state index contributed by atoms with van der Waals surface area (Å²) in [4.78, 5) is 22.5. The van der Waals surface area contributed by atoms with Gasteiger partial charge in [-0.25, -0.2) is 9.59 Å². The van der Waals surface area contributed by atoms with Gasteiger partial charge in [0.05, 0.1) is 13.2 Å². The fourth-order valence-electron chi connectivity index (χ4n) is 3.41. The molecule has 0 aliphatic carbocycles. The molecule has 0 aromatic heterocycles. The number of hydrogen-bond donors (Lipinski definition) is 0. The summed E-state index contributed by atoms with van der Waals surface area (Å²) >= 11 is 2.12. The number of thioether (sulfide) groups is 1. The molecule has 0 aromatic rings. The first-order valence-corrected chi connectivity index (χ1v) is 14.3. The van der Waals surface area contributed by atoms with Crippen LogP contribution < -0.4 is 0 Å². The molecule has 0 saturated carbocycles. The van der Waals surface area contributed by atoms with E-state index in [4.69, 9.17) is 9.47 Å². The fraction of sp³-hybridized carbons (Fsp3) is 0.786. The van der Waals surface area contributed by atoms with Crippen molar-refractivity contribution in [3.63, 3.8) is 0 Å². The smallest absolute Gasteiger partial charge is 0.333 e. The highest BCUT2D eigenvalue weighted by Gasteiger charge is 2.02. The lowest BCUT2D eigenvalue weighted by atomic mass is 10.1. The highest BCUT2D eigenvalue weighted by atomic mass is 32.2. The van der Waals surface area contributed by atoms with Crippen LogP contribution in [0, 0.1) is 0 Å². The van der Waals surface area contributed by atoms with E-state index in [-0.39, 0.29) is 11.9 Å². The molecule has 0 spiro atoms. The van der Waals surface area contributed by atoms with Gasteiger partial charge in [-0.1, -0.05) is 90.2 Å². The van der Waals surface area contributed by atoms with Crippen LogP contribution in [-0.2, 0) is 19.1 Å². The van der Waals surface area contributed by atoms with E-state index >= 15 is 0 Å². The van der Waals surface area contributed by atoms with Crippen LogP contribution in [0.5, 0.6) is 0 Å². The molecular formula is C28H50O4S. The van der Waals surface area contributed by atoms with E-state index in [1.807, 2.05) is 0 Å². The van der Waals surface area contributed by atoms with Gasteiger partial charge < -0.3 is 9.47 Å².